The van der Waals surface area contributed by atoms with Crippen LogP contribution in [0, 0.1) is 0 Å². The third-order valence-electron chi connectivity index (χ3n) is 2.45. The summed E-state index contributed by atoms with van der Waals surface area (Å²) in [4.78, 5) is 22.7. The van der Waals surface area contributed by atoms with Crippen molar-refractivity contribution in [2.45, 2.75) is 19.5 Å². The molecule has 92 valence electrons. The molecule has 1 unspecified atom stereocenters. The fourth-order valence-electron chi connectivity index (χ4n) is 1.39. The second-order valence-corrected chi connectivity index (χ2v) is 3.64. The topological polar surface area (TPSA) is 66.8 Å². The first-order chi connectivity index (χ1) is 8.08. The Bertz CT molecular complexity index is 388. The van der Waals surface area contributed by atoms with Crippen LogP contribution in [0.15, 0.2) is 24.3 Å². The van der Waals surface area contributed by atoms with Crippen molar-refractivity contribution in [2.24, 2.45) is 0 Å². The Labute approximate surface area is 99.6 Å². The molecule has 0 saturated heterocycles. The zero-order chi connectivity index (χ0) is 12.8. The lowest BCUT2D eigenvalue weighted by molar-refractivity contribution is -0.111. The van der Waals surface area contributed by atoms with Gasteiger partial charge < -0.3 is 14.6 Å². The summed E-state index contributed by atoms with van der Waals surface area (Å²) < 4.78 is 5.00. The Morgan fingerprint density at radius 3 is 2.47 bits per heavy atom. The lowest BCUT2D eigenvalue weighted by atomic mass is 10.2. The van der Waals surface area contributed by atoms with Crippen LogP contribution in [0.2, 0.25) is 0 Å². The zero-order valence-corrected chi connectivity index (χ0v) is 9.79. The van der Waals surface area contributed by atoms with Crippen molar-refractivity contribution in [3.63, 3.8) is 0 Å². The van der Waals surface area contributed by atoms with Crippen molar-refractivity contribution >= 4 is 12.4 Å². The average molecular weight is 237 g/mol. The van der Waals surface area contributed by atoms with Crippen molar-refractivity contribution in [1.82, 2.24) is 4.90 Å². The van der Waals surface area contributed by atoms with Crippen LogP contribution < -0.4 is 4.74 Å². The van der Waals surface area contributed by atoms with Gasteiger partial charge in [0, 0.05) is 6.54 Å². The highest BCUT2D eigenvalue weighted by molar-refractivity contribution is 5.71. The number of amides is 1. The molecule has 1 atom stereocenters. The molecule has 1 amide bonds. The van der Waals surface area contributed by atoms with Crippen molar-refractivity contribution in [3.8, 4) is 5.75 Å². The molecule has 17 heavy (non-hydrogen) atoms. The molecule has 1 N–H and O–H groups in total. The molecule has 1 rings (SSSR count). The van der Waals surface area contributed by atoms with E-state index < -0.39 is 12.1 Å². The van der Waals surface area contributed by atoms with E-state index in [0.717, 1.165) is 10.5 Å². The lowest BCUT2D eigenvalue weighted by Crippen LogP contribution is -2.37. The van der Waals surface area contributed by atoms with E-state index in [1.165, 1.54) is 0 Å². The zero-order valence-electron chi connectivity index (χ0n) is 9.79. The van der Waals surface area contributed by atoms with Gasteiger partial charge in [0.1, 0.15) is 12.0 Å². The van der Waals surface area contributed by atoms with E-state index in [0.29, 0.717) is 12.0 Å². The summed E-state index contributed by atoms with van der Waals surface area (Å²) >= 11 is 0. The van der Waals surface area contributed by atoms with Gasteiger partial charge >= 0.3 is 6.09 Å². The summed E-state index contributed by atoms with van der Waals surface area (Å²) in [6.45, 7) is 1.73. The van der Waals surface area contributed by atoms with Gasteiger partial charge in [-0.05, 0) is 24.6 Å². The standard InChI is InChI=1S/C12H15NO4/c1-9(8-14)13(12(15)16)7-10-3-5-11(17-2)6-4-10/h3-6,8-9H,7H2,1-2H3,(H,15,16). The summed E-state index contributed by atoms with van der Waals surface area (Å²) in [5.41, 5.74) is 0.807. The molecule has 5 nitrogen and oxygen atoms in total. The van der Waals surface area contributed by atoms with E-state index in [1.807, 2.05) is 0 Å². The second kappa shape index (κ2) is 5.89. The maximum Gasteiger partial charge on any atom is 0.408 e. The Morgan fingerprint density at radius 2 is 2.06 bits per heavy atom. The Balaban J connectivity index is 2.78. The van der Waals surface area contributed by atoms with E-state index in [9.17, 15) is 9.59 Å². The van der Waals surface area contributed by atoms with E-state index in [-0.39, 0.29) is 6.54 Å². The second-order valence-electron chi connectivity index (χ2n) is 3.64. The van der Waals surface area contributed by atoms with Crippen LogP contribution >= 0.6 is 0 Å². The van der Waals surface area contributed by atoms with Crippen molar-refractivity contribution < 1.29 is 19.4 Å². The molecular formula is C12H15NO4. The van der Waals surface area contributed by atoms with E-state index >= 15 is 0 Å². The van der Waals surface area contributed by atoms with Crippen LogP contribution in [-0.2, 0) is 11.3 Å². The number of rotatable bonds is 5. The molecule has 0 aliphatic heterocycles. The monoisotopic (exact) mass is 237 g/mol. The minimum atomic E-state index is -1.11. The molecule has 0 bridgehead atoms. The SMILES string of the molecule is COc1ccc(CN(C(=O)O)C(C)C=O)cc1. The number of carbonyl (C=O) groups excluding carboxylic acids is 1. The van der Waals surface area contributed by atoms with Gasteiger partial charge in [-0.2, -0.15) is 0 Å². The highest BCUT2D eigenvalue weighted by Gasteiger charge is 2.18. The van der Waals surface area contributed by atoms with Crippen molar-refractivity contribution in [1.29, 1.82) is 0 Å². The number of benzene rings is 1. The Kier molecular flexibility index (Phi) is 4.51. The summed E-state index contributed by atoms with van der Waals surface area (Å²) in [5.74, 6) is 0.707. The van der Waals surface area contributed by atoms with Gasteiger partial charge in [-0.3, -0.25) is 4.90 Å². The van der Waals surface area contributed by atoms with Crippen LogP contribution in [0.1, 0.15) is 12.5 Å². The fourth-order valence-corrected chi connectivity index (χ4v) is 1.39. The summed E-state index contributed by atoms with van der Waals surface area (Å²) in [7, 11) is 1.56. The number of aldehydes is 1. The van der Waals surface area contributed by atoms with E-state index in [1.54, 1.807) is 38.3 Å². The number of methoxy groups -OCH3 is 1. The maximum atomic E-state index is 11.0. The summed E-state index contributed by atoms with van der Waals surface area (Å²) in [6.07, 6.45) is -0.502. The lowest BCUT2D eigenvalue weighted by Gasteiger charge is -2.22. The van der Waals surface area contributed by atoms with Gasteiger partial charge in [0.05, 0.1) is 13.2 Å². The number of hydrogen-bond acceptors (Lipinski definition) is 3. The van der Waals surface area contributed by atoms with Gasteiger partial charge in [-0.25, -0.2) is 4.79 Å². The summed E-state index contributed by atoms with van der Waals surface area (Å²) in [6, 6.07) is 6.38. The first-order valence-corrected chi connectivity index (χ1v) is 5.16. The van der Waals surface area contributed by atoms with Gasteiger partial charge in [0.2, 0.25) is 0 Å². The number of ether oxygens (including phenoxy) is 1. The van der Waals surface area contributed by atoms with Crippen molar-refractivity contribution in [3.05, 3.63) is 29.8 Å². The molecule has 1 aromatic carbocycles. The fraction of sp³-hybridized carbons (Fsp3) is 0.333. The molecule has 5 heteroatoms. The van der Waals surface area contributed by atoms with Gasteiger partial charge in [-0.15, -0.1) is 0 Å². The van der Waals surface area contributed by atoms with E-state index in [2.05, 4.69) is 0 Å². The maximum absolute atomic E-state index is 11.0. The van der Waals surface area contributed by atoms with Crippen LogP contribution in [0.5, 0.6) is 5.75 Å². The first-order valence-electron chi connectivity index (χ1n) is 5.16. The normalized spacial score (nSPS) is 11.6. The number of carbonyl (C=O) groups is 2. The molecule has 0 radical (unpaired) electrons. The predicted molar refractivity (Wildman–Crippen MR) is 62.1 cm³/mol. The van der Waals surface area contributed by atoms with Crippen LogP contribution in [0.3, 0.4) is 0 Å². The molecule has 0 aliphatic carbocycles. The third-order valence-corrected chi connectivity index (χ3v) is 2.45. The minimum Gasteiger partial charge on any atom is -0.497 e. The molecule has 0 saturated carbocycles. The van der Waals surface area contributed by atoms with Gasteiger partial charge in [-0.1, -0.05) is 12.1 Å². The Morgan fingerprint density at radius 1 is 1.47 bits per heavy atom. The number of carboxylic acid groups (broad SMARTS) is 1. The molecule has 0 aliphatic rings. The smallest absolute Gasteiger partial charge is 0.408 e. The molecular weight excluding hydrogens is 222 g/mol. The molecule has 1 aromatic rings. The van der Waals surface area contributed by atoms with E-state index in [4.69, 9.17) is 9.84 Å². The number of hydrogen-bond donors (Lipinski definition) is 1. The molecule has 0 spiro atoms. The average Bonchev–Trinajstić information content (AvgIpc) is 2.35. The van der Waals surface area contributed by atoms with Crippen LogP contribution in [0.25, 0.3) is 0 Å². The molecule has 0 heterocycles. The summed E-state index contributed by atoms with van der Waals surface area (Å²) in [5, 5.41) is 8.98. The molecule has 0 fully saturated rings. The Hall–Kier alpha value is -2.04. The van der Waals surface area contributed by atoms with Crippen LogP contribution in [0.4, 0.5) is 4.79 Å². The highest BCUT2D eigenvalue weighted by Crippen LogP contribution is 2.14. The third kappa shape index (κ3) is 3.48. The van der Waals surface area contributed by atoms with Gasteiger partial charge in [0.25, 0.3) is 0 Å². The highest BCUT2D eigenvalue weighted by atomic mass is 16.5. The predicted octanol–water partition coefficient (Wildman–Crippen LogP) is 1.76. The minimum absolute atomic E-state index is 0.180. The largest absolute Gasteiger partial charge is 0.497 e. The molecule has 0 aromatic heterocycles. The quantitative estimate of drug-likeness (QED) is 0.792. The van der Waals surface area contributed by atoms with Crippen LogP contribution in [-0.4, -0.2) is 35.5 Å². The van der Waals surface area contributed by atoms with Crippen molar-refractivity contribution in [2.75, 3.05) is 7.11 Å². The van der Waals surface area contributed by atoms with Gasteiger partial charge in [0.15, 0.2) is 0 Å². The number of nitrogens with zero attached hydrogens (tertiary/aromatic N) is 1. The first kappa shape index (κ1) is 13.0.